The number of anilines is 2. The molecule has 8 heteroatoms. The Morgan fingerprint density at radius 1 is 1.13 bits per heavy atom. The summed E-state index contributed by atoms with van der Waals surface area (Å²) < 4.78 is 14.8. The van der Waals surface area contributed by atoms with Crippen molar-refractivity contribution in [1.82, 2.24) is 19.5 Å². The van der Waals surface area contributed by atoms with Crippen LogP contribution in [0.25, 0.3) is 15.9 Å². The van der Waals surface area contributed by atoms with E-state index in [-0.39, 0.29) is 11.1 Å². The summed E-state index contributed by atoms with van der Waals surface area (Å²) in [6, 6.07) is 8.09. The number of thiophene rings is 1. The molecule has 0 radical (unpaired) electrons. The Hall–Kier alpha value is -2.51. The molecule has 0 saturated heterocycles. The first-order valence-corrected chi connectivity index (χ1v) is 7.92. The second kappa shape index (κ2) is 5.60. The van der Waals surface area contributed by atoms with Crippen LogP contribution in [0.15, 0.2) is 48.2 Å². The van der Waals surface area contributed by atoms with E-state index >= 15 is 0 Å². The van der Waals surface area contributed by atoms with E-state index in [0.29, 0.717) is 11.6 Å². The highest BCUT2D eigenvalue weighted by Gasteiger charge is 2.09. The highest BCUT2D eigenvalue weighted by atomic mass is 35.5. The first-order chi connectivity index (χ1) is 11.2. The van der Waals surface area contributed by atoms with Crippen LogP contribution in [0.2, 0.25) is 5.28 Å². The first-order valence-electron chi connectivity index (χ1n) is 6.67. The molecule has 0 unspecified atom stereocenters. The number of benzene rings is 1. The number of rotatable bonds is 3. The van der Waals surface area contributed by atoms with Crippen molar-refractivity contribution in [2.24, 2.45) is 0 Å². The lowest BCUT2D eigenvalue weighted by molar-refractivity contribution is 0.627. The van der Waals surface area contributed by atoms with Gasteiger partial charge in [0, 0.05) is 5.69 Å². The molecule has 0 spiro atoms. The van der Waals surface area contributed by atoms with E-state index in [1.54, 1.807) is 29.2 Å². The average Bonchev–Trinajstić information content (AvgIpc) is 3.17. The average molecular weight is 346 g/mol. The minimum absolute atomic E-state index is 0.181. The number of fused-ring (bicyclic) bond motifs is 1. The summed E-state index contributed by atoms with van der Waals surface area (Å²) in [4.78, 5) is 13.5. The van der Waals surface area contributed by atoms with Gasteiger partial charge in [0.25, 0.3) is 0 Å². The molecular weight excluding hydrogens is 337 g/mol. The normalized spacial score (nSPS) is 11.0. The first kappa shape index (κ1) is 14.1. The van der Waals surface area contributed by atoms with Gasteiger partial charge in [0.15, 0.2) is 0 Å². The van der Waals surface area contributed by atoms with Crippen molar-refractivity contribution in [3.05, 3.63) is 59.3 Å². The second-order valence-corrected chi connectivity index (χ2v) is 5.98. The van der Waals surface area contributed by atoms with Gasteiger partial charge in [0.2, 0.25) is 5.28 Å². The molecule has 0 aliphatic carbocycles. The highest BCUT2D eigenvalue weighted by molar-refractivity contribution is 7.16. The Morgan fingerprint density at radius 2 is 1.96 bits per heavy atom. The Labute approximate surface area is 139 Å². The largest absolute Gasteiger partial charge is 0.323 e. The summed E-state index contributed by atoms with van der Waals surface area (Å²) in [6.07, 6.45) is 3.44. The molecule has 5 nitrogen and oxygen atoms in total. The van der Waals surface area contributed by atoms with E-state index in [1.807, 2.05) is 11.4 Å². The number of aromatic nitrogens is 4. The number of hydrogen-bond acceptors (Lipinski definition) is 5. The molecule has 0 atom stereocenters. The maximum absolute atomic E-state index is 13.0. The molecule has 1 aromatic carbocycles. The molecule has 0 fully saturated rings. The molecule has 3 aromatic heterocycles. The summed E-state index contributed by atoms with van der Waals surface area (Å²) in [5.41, 5.74) is 0.813. The van der Waals surface area contributed by atoms with Gasteiger partial charge in [-0.2, -0.15) is 4.98 Å². The van der Waals surface area contributed by atoms with E-state index in [2.05, 4.69) is 20.3 Å². The van der Waals surface area contributed by atoms with Gasteiger partial charge in [-0.1, -0.05) is 0 Å². The number of hydrogen-bond donors (Lipinski definition) is 1. The molecular formula is C15H9ClFN5S. The Kier molecular flexibility index (Phi) is 3.44. The van der Waals surface area contributed by atoms with E-state index in [4.69, 9.17) is 11.6 Å². The van der Waals surface area contributed by atoms with Gasteiger partial charge in [-0.05, 0) is 47.3 Å². The zero-order valence-corrected chi connectivity index (χ0v) is 13.1. The zero-order valence-electron chi connectivity index (χ0n) is 11.6. The number of nitrogens with one attached hydrogen (secondary N) is 1. The number of halogens is 2. The fourth-order valence-corrected chi connectivity index (χ4v) is 3.17. The maximum atomic E-state index is 13.0. The third-order valence-corrected chi connectivity index (χ3v) is 4.23. The van der Waals surface area contributed by atoms with Gasteiger partial charge in [0.05, 0.1) is 11.6 Å². The van der Waals surface area contributed by atoms with Crippen LogP contribution in [-0.4, -0.2) is 19.5 Å². The smallest absolute Gasteiger partial charge is 0.225 e. The molecule has 23 heavy (non-hydrogen) atoms. The van der Waals surface area contributed by atoms with Gasteiger partial charge >= 0.3 is 0 Å². The van der Waals surface area contributed by atoms with Crippen molar-refractivity contribution in [2.75, 3.05) is 5.32 Å². The van der Waals surface area contributed by atoms with Crippen LogP contribution in [0, 0.1) is 5.82 Å². The van der Waals surface area contributed by atoms with E-state index in [9.17, 15) is 4.39 Å². The van der Waals surface area contributed by atoms with Crippen molar-refractivity contribution in [3.63, 3.8) is 0 Å². The lowest BCUT2D eigenvalue weighted by atomic mass is 10.3. The predicted molar refractivity (Wildman–Crippen MR) is 89.2 cm³/mol. The van der Waals surface area contributed by atoms with Crippen molar-refractivity contribution in [2.45, 2.75) is 0 Å². The van der Waals surface area contributed by atoms with Gasteiger partial charge in [-0.25, -0.2) is 14.4 Å². The van der Waals surface area contributed by atoms with Crippen LogP contribution in [0.1, 0.15) is 0 Å². The predicted octanol–water partition coefficient (Wildman–Crippen LogP) is 4.41. The van der Waals surface area contributed by atoms with Gasteiger partial charge in [0.1, 0.15) is 28.6 Å². The maximum Gasteiger partial charge on any atom is 0.225 e. The molecule has 4 rings (SSSR count). The van der Waals surface area contributed by atoms with Gasteiger partial charge in [-0.3, -0.25) is 0 Å². The topological polar surface area (TPSA) is 55.6 Å². The third kappa shape index (κ3) is 2.76. The SMILES string of the molecule is Fc1ccc(-n2cnc(Nc3nc(Cl)nc4sccc34)c2)cc1. The van der Waals surface area contributed by atoms with Crippen molar-refractivity contribution >= 4 is 44.8 Å². The van der Waals surface area contributed by atoms with Crippen LogP contribution in [0.3, 0.4) is 0 Å². The molecule has 0 aliphatic heterocycles. The van der Waals surface area contributed by atoms with Crippen LogP contribution in [0.5, 0.6) is 0 Å². The summed E-state index contributed by atoms with van der Waals surface area (Å²) in [7, 11) is 0. The Bertz CT molecular complexity index is 979. The van der Waals surface area contributed by atoms with Crippen molar-refractivity contribution in [3.8, 4) is 5.69 Å². The molecule has 3 heterocycles. The summed E-state index contributed by atoms with van der Waals surface area (Å²) in [6.45, 7) is 0. The zero-order chi connectivity index (χ0) is 15.8. The molecule has 1 N–H and O–H groups in total. The monoisotopic (exact) mass is 345 g/mol. The van der Waals surface area contributed by atoms with Crippen LogP contribution >= 0.6 is 22.9 Å². The van der Waals surface area contributed by atoms with Crippen LogP contribution < -0.4 is 5.32 Å². The molecule has 4 aromatic rings. The van der Waals surface area contributed by atoms with Crippen LogP contribution in [0.4, 0.5) is 16.0 Å². The molecule has 0 bridgehead atoms. The van der Waals surface area contributed by atoms with Gasteiger partial charge < -0.3 is 9.88 Å². The summed E-state index contributed by atoms with van der Waals surface area (Å²) in [5, 5.41) is 6.13. The highest BCUT2D eigenvalue weighted by Crippen LogP contribution is 2.28. The molecule has 0 saturated carbocycles. The standard InChI is InChI=1S/C15H9ClFN5S/c16-15-20-13(11-5-6-23-14(11)21-15)19-12-7-22(8-18-12)10-3-1-9(17)2-4-10/h1-8H,(H,19,20,21). The third-order valence-electron chi connectivity index (χ3n) is 3.25. The van der Waals surface area contributed by atoms with Crippen LogP contribution in [-0.2, 0) is 0 Å². The second-order valence-electron chi connectivity index (χ2n) is 4.75. The summed E-state index contributed by atoms with van der Waals surface area (Å²) in [5.74, 6) is 0.935. The van der Waals surface area contributed by atoms with E-state index in [1.165, 1.54) is 23.5 Å². The van der Waals surface area contributed by atoms with Crippen molar-refractivity contribution in [1.29, 1.82) is 0 Å². The molecule has 0 amide bonds. The summed E-state index contributed by atoms with van der Waals surface area (Å²) >= 11 is 7.44. The van der Waals surface area contributed by atoms with Crippen molar-refractivity contribution < 1.29 is 4.39 Å². The Morgan fingerprint density at radius 3 is 2.78 bits per heavy atom. The fraction of sp³-hybridized carbons (Fsp3) is 0. The number of nitrogens with zero attached hydrogens (tertiary/aromatic N) is 4. The fourth-order valence-electron chi connectivity index (χ4n) is 2.19. The van der Waals surface area contributed by atoms with Gasteiger partial charge in [-0.15, -0.1) is 11.3 Å². The lowest BCUT2D eigenvalue weighted by Gasteiger charge is -2.04. The number of imidazole rings is 1. The Balaban J connectivity index is 1.67. The molecule has 114 valence electrons. The molecule has 0 aliphatic rings. The van der Waals surface area contributed by atoms with E-state index < -0.39 is 0 Å². The minimum atomic E-state index is -0.275. The quantitative estimate of drug-likeness (QED) is 0.559. The lowest BCUT2D eigenvalue weighted by Crippen LogP contribution is -1.96. The van der Waals surface area contributed by atoms with E-state index in [0.717, 1.165) is 15.9 Å². The minimum Gasteiger partial charge on any atom is -0.323 e.